The van der Waals surface area contributed by atoms with Crippen molar-refractivity contribution in [3.05, 3.63) is 365 Å². The Morgan fingerprint density at radius 2 is 0.704 bits per heavy atom. The highest BCUT2D eigenvalue weighted by molar-refractivity contribution is 6.09. The molecule has 0 atom stereocenters. The molecule has 0 saturated heterocycles. The first-order chi connectivity index (χ1) is 68.6. The van der Waals surface area contributed by atoms with Gasteiger partial charge in [-0.25, -0.2) is 23.7 Å². The zero-order valence-corrected chi connectivity index (χ0v) is 87.9. The largest absolute Gasteiger partial charge is 0.478 e. The van der Waals surface area contributed by atoms with Gasteiger partial charge in [0.1, 0.15) is 71.7 Å². The summed E-state index contributed by atoms with van der Waals surface area (Å²) < 4.78 is 37.3. The second-order valence-electron chi connectivity index (χ2n) is 37.3. The molecule has 11 aromatic rings. The minimum absolute atomic E-state index is 0.293. The van der Waals surface area contributed by atoms with E-state index in [-0.39, 0.29) is 5.97 Å². The monoisotopic (exact) mass is 1890 g/mol. The fraction of sp³-hybridized carbons (Fsp3) is 0.299. The number of ether oxygens (including phenoxy) is 2. The number of aromatic carboxylic acids is 1. The van der Waals surface area contributed by atoms with E-state index in [4.69, 9.17) is 27.7 Å². The minimum atomic E-state index is -1.02. The molecule has 8 aliphatic rings. The van der Waals surface area contributed by atoms with Crippen molar-refractivity contribution >= 4 is 73.3 Å². The summed E-state index contributed by atoms with van der Waals surface area (Å²) in [5.41, 5.74) is 35.0. The minimum Gasteiger partial charge on any atom is -0.478 e. The molecule has 0 radical (unpaired) electrons. The van der Waals surface area contributed by atoms with Gasteiger partial charge in [-0.3, -0.25) is 0 Å². The van der Waals surface area contributed by atoms with Gasteiger partial charge in [0.05, 0.1) is 34.3 Å². The number of anilines is 4. The molecule has 3 aliphatic carbocycles. The van der Waals surface area contributed by atoms with Crippen molar-refractivity contribution in [2.45, 2.75) is 178 Å². The van der Waals surface area contributed by atoms with E-state index in [1.165, 1.54) is 88.9 Å². The second kappa shape index (κ2) is 44.5. The summed E-state index contributed by atoms with van der Waals surface area (Å²) in [5.74, 6) is 2.77. The Labute approximate surface area is 840 Å². The molecular formula is C127H141N7O8+2. The van der Waals surface area contributed by atoms with Gasteiger partial charge in [0.25, 0.3) is 0 Å². The maximum atomic E-state index is 13.2. The molecular weight excluding hydrogens is 1750 g/mol. The summed E-state index contributed by atoms with van der Waals surface area (Å²) in [6.07, 6.45) is 0.872. The number of aryl methyl sites for hydroxylation is 10. The van der Waals surface area contributed by atoms with Crippen molar-refractivity contribution in [1.29, 1.82) is 0 Å². The highest BCUT2D eigenvalue weighted by Gasteiger charge is 2.54. The Balaban J connectivity index is 0.000000142. The molecule has 0 amide bonds. The number of carbonyl (C=O) groups is 2. The average molecular weight is 1890 g/mol. The van der Waals surface area contributed by atoms with E-state index in [2.05, 4.69) is 386 Å². The molecule has 0 aromatic heterocycles. The van der Waals surface area contributed by atoms with Gasteiger partial charge >= 0.3 is 11.9 Å². The lowest BCUT2D eigenvalue weighted by atomic mass is 9.77. The first-order valence-electron chi connectivity index (χ1n) is 51.3. The lowest BCUT2D eigenvalue weighted by molar-refractivity contribution is 0.0224. The van der Waals surface area contributed by atoms with Crippen LogP contribution in [0.5, 0.6) is 11.5 Å². The van der Waals surface area contributed by atoms with Gasteiger partial charge in [-0.2, -0.15) is 0 Å². The van der Waals surface area contributed by atoms with Crippen LogP contribution in [0.1, 0.15) is 201 Å². The predicted octanol–water partition coefficient (Wildman–Crippen LogP) is 29.5. The van der Waals surface area contributed by atoms with Crippen LogP contribution in [0.3, 0.4) is 0 Å². The van der Waals surface area contributed by atoms with Crippen LogP contribution in [0.4, 0.5) is 28.4 Å². The number of hydrogen-bond acceptors (Lipinski definition) is 12. The molecule has 1 spiro atoms. The van der Waals surface area contributed by atoms with Crippen molar-refractivity contribution in [2.24, 2.45) is 4.99 Å². The van der Waals surface area contributed by atoms with Crippen LogP contribution in [0.15, 0.2) is 273 Å². The van der Waals surface area contributed by atoms with Crippen molar-refractivity contribution in [3.8, 4) is 78.9 Å². The smallest absolute Gasteiger partial charge is 0.340 e. The highest BCUT2D eigenvalue weighted by Crippen LogP contribution is 2.58. The third-order valence-corrected chi connectivity index (χ3v) is 28.3. The molecule has 730 valence electrons. The van der Waals surface area contributed by atoms with Crippen molar-refractivity contribution in [3.63, 3.8) is 0 Å². The molecule has 1 N–H and O–H groups in total. The van der Waals surface area contributed by atoms with Gasteiger partial charge in [0.15, 0.2) is 5.60 Å². The van der Waals surface area contributed by atoms with Crippen LogP contribution in [-0.2, 0) is 16.8 Å². The molecule has 0 unspecified atom stereocenters. The Kier molecular flexibility index (Phi) is 31.9. The van der Waals surface area contributed by atoms with Gasteiger partial charge < -0.3 is 47.4 Å². The Morgan fingerprint density at radius 3 is 1.15 bits per heavy atom. The number of carboxylic acid groups (broad SMARTS) is 1. The molecule has 142 heavy (non-hydrogen) atoms. The Morgan fingerprint density at radius 1 is 0.338 bits per heavy atom. The highest BCUT2D eigenvalue weighted by atomic mass is 16.6. The molecule has 19 rings (SSSR count). The third-order valence-electron chi connectivity index (χ3n) is 28.3. The summed E-state index contributed by atoms with van der Waals surface area (Å²) in [5, 5.41) is 16.4. The average Bonchev–Trinajstić information content (AvgIpc) is 1.51. The van der Waals surface area contributed by atoms with E-state index >= 15 is 0 Å². The van der Waals surface area contributed by atoms with Crippen molar-refractivity contribution in [1.82, 2.24) is 9.15 Å². The van der Waals surface area contributed by atoms with E-state index in [1.54, 1.807) is 6.07 Å². The van der Waals surface area contributed by atoms with Gasteiger partial charge in [-0.15, -0.1) is 0 Å². The summed E-state index contributed by atoms with van der Waals surface area (Å²) >= 11 is 0. The van der Waals surface area contributed by atoms with Gasteiger partial charge in [0.2, 0.25) is 10.7 Å². The van der Waals surface area contributed by atoms with Crippen LogP contribution < -0.4 is 49.6 Å². The van der Waals surface area contributed by atoms with Crippen LogP contribution in [0.25, 0.3) is 100 Å². The molecule has 15 nitrogen and oxygen atoms in total. The van der Waals surface area contributed by atoms with Crippen molar-refractivity contribution in [2.75, 3.05) is 98.1 Å². The predicted molar refractivity (Wildman–Crippen MR) is 593 cm³/mol. The molecule has 15 heteroatoms. The molecule has 0 bridgehead atoms. The van der Waals surface area contributed by atoms with Crippen molar-refractivity contribution < 1.29 is 37.4 Å². The van der Waals surface area contributed by atoms with Crippen LogP contribution in [0.2, 0.25) is 0 Å². The number of nitrogens with zero attached hydrogens (tertiary/aromatic N) is 7. The topological polar surface area (TPSA) is 144 Å². The number of benzene rings is 14. The molecule has 5 heterocycles. The van der Waals surface area contributed by atoms with Crippen LogP contribution >= 0.6 is 0 Å². The SMILES string of the molecule is CC.CCN(CC)c1ccc2c(-c3ccc(C)cc3C(=O)O)c3ccc(=[N+](CC)CC)cc-3oc2c1.CCN(CC)c1ccc2c(-c3ccc(C)cc3C)c3ccc(=[N+](CC)CC)cc-3oc2c1.CCN(CC)c1ccc2c(c1)Oc1cc(N(CC)CC)ccc1C21OC(=O)c2cc(C)ccc21.Cc1ccc(Cc2ccc3c(-c4ccc(C)cc4C)c4ccc(=Nc5ccc(C)cc5C)cc-4oc3c2)c(C)c1. The maximum Gasteiger partial charge on any atom is 0.340 e. The first kappa shape index (κ1) is 102. The Hall–Kier alpha value is -14.6. The second-order valence-corrected chi connectivity index (χ2v) is 37.3. The number of fused-ring (bicyclic) bond motifs is 12. The number of carboxylic acids is 1. The lowest BCUT2D eigenvalue weighted by Crippen LogP contribution is -2.33. The fourth-order valence-corrected chi connectivity index (χ4v) is 20.8. The van der Waals surface area contributed by atoms with Crippen LogP contribution in [0, 0.1) is 69.2 Å². The quantitative estimate of drug-likeness (QED) is 0.0370. The third kappa shape index (κ3) is 20.7. The molecule has 0 fully saturated rings. The number of esters is 1. The number of hydrogen-bond donors (Lipinski definition) is 1. The van der Waals surface area contributed by atoms with E-state index in [0.29, 0.717) is 16.7 Å². The summed E-state index contributed by atoms with van der Waals surface area (Å²) in [6.45, 7) is 62.2. The molecule has 0 saturated carbocycles. The zero-order valence-electron chi connectivity index (χ0n) is 87.9. The lowest BCUT2D eigenvalue weighted by Gasteiger charge is -2.38. The summed E-state index contributed by atoms with van der Waals surface area (Å²) in [7, 11) is 0. The normalized spacial score (nSPS) is 12.2. The number of rotatable bonds is 23. The fourth-order valence-electron chi connectivity index (χ4n) is 20.8. The maximum absolute atomic E-state index is 13.2. The summed E-state index contributed by atoms with van der Waals surface area (Å²) in [4.78, 5) is 39.6. The van der Waals surface area contributed by atoms with E-state index in [1.807, 2.05) is 58.0 Å². The summed E-state index contributed by atoms with van der Waals surface area (Å²) in [6, 6.07) is 89.5. The zero-order chi connectivity index (χ0) is 101. The van der Waals surface area contributed by atoms with Gasteiger partial charge in [0, 0.05) is 184 Å². The van der Waals surface area contributed by atoms with Gasteiger partial charge in [-0.1, -0.05) is 150 Å². The first-order valence-corrected chi connectivity index (χ1v) is 51.3. The van der Waals surface area contributed by atoms with Crippen LogP contribution in [-0.4, -0.2) is 95.6 Å². The van der Waals surface area contributed by atoms with Gasteiger partial charge in [-0.05, 0) is 306 Å². The molecule has 5 aliphatic heterocycles. The Bertz CT molecular complexity index is 7600. The van der Waals surface area contributed by atoms with E-state index in [0.717, 1.165) is 230 Å². The standard InChI is InChI=1S/C38H35NO.2C29H32N2O3.C29H35N2O.C2H6/c1-23-7-11-30(26(4)17-23)20-29-10-14-33-36(21-29)40-37-22-31(39-35-16-9-25(3)19-28(35)6)12-15-34(37)38(33)32-13-8-24(2)18-27(32)5;1-6-30(7-2)20-11-14-24-26(17-20)33-27-18-21(31(8-3)9-4)12-15-25(27)29(24)23-13-10-19(5)16-22(23)28(32)34-29;1-6-30(7-2)20-11-14-23-26(17-20)34-27-18-21(31(8-3)9-4)12-15-24(27)28(23)22-13-10-19(5)16-25(22)29(32)33;1-7-30(8-2)22-12-15-25-27(18-22)32-28-19-23(31(9-3)10-4)13-16-26(28)29(25)24-14-11-20(5)17-21(24)6;1-2/h7-19,21-22H,20H2,1-6H3;2*10-18H,6-9H2,1-5H3;11-19H,7-10H2,1-6H3;1-2H3/q;;;+1;/p+1. The number of carbonyl (C=O) groups excluding carboxylic acids is 1. The van der Waals surface area contributed by atoms with E-state index in [9.17, 15) is 14.7 Å². The molecule has 11 aromatic carbocycles. The van der Waals surface area contributed by atoms with E-state index < -0.39 is 11.6 Å².